The second kappa shape index (κ2) is 10.6. The fraction of sp³-hybridized carbons (Fsp3) is 0.333. The fourth-order valence-electron chi connectivity index (χ4n) is 2.54. The number of carbonyl (C=O) groups is 4. The molecule has 0 fully saturated rings. The molecule has 1 aromatic carbocycles. The van der Waals surface area contributed by atoms with Crippen molar-refractivity contribution in [3.63, 3.8) is 0 Å². The highest BCUT2D eigenvalue weighted by atomic mass is 32.1. The Bertz CT molecular complexity index is 951. The van der Waals surface area contributed by atoms with Crippen LogP contribution in [0.15, 0.2) is 24.3 Å². The molecule has 2 rings (SSSR count). The first-order chi connectivity index (χ1) is 14.2. The average Bonchev–Trinajstić information content (AvgIpc) is 2.98. The molecule has 0 aliphatic heterocycles. The first-order valence-electron chi connectivity index (χ1n) is 9.24. The predicted octanol–water partition coefficient (Wildman–Crippen LogP) is 3.83. The first kappa shape index (κ1) is 23.2. The normalized spacial score (nSPS) is 10.4. The van der Waals surface area contributed by atoms with Gasteiger partial charge in [-0.15, -0.1) is 11.3 Å². The van der Waals surface area contributed by atoms with E-state index in [1.807, 2.05) is 6.92 Å². The SMILES string of the molecule is CCOC(=O)c1c(NC(=O)COC(=O)CCC(=O)c2ccc(F)cc2)sc(C)c1C. The third kappa shape index (κ3) is 6.21. The van der Waals surface area contributed by atoms with E-state index in [0.29, 0.717) is 10.6 Å². The molecule has 0 atom stereocenters. The number of nitrogens with one attached hydrogen (secondary N) is 1. The quantitative estimate of drug-likeness (QED) is 0.475. The lowest BCUT2D eigenvalue weighted by Gasteiger charge is -2.08. The van der Waals surface area contributed by atoms with Crippen LogP contribution in [0.4, 0.5) is 9.39 Å². The maximum absolute atomic E-state index is 12.9. The first-order valence-corrected chi connectivity index (χ1v) is 10.1. The molecular formula is C21H22FNO6S. The predicted molar refractivity (Wildman–Crippen MR) is 109 cm³/mol. The van der Waals surface area contributed by atoms with Gasteiger partial charge in [0.05, 0.1) is 18.6 Å². The van der Waals surface area contributed by atoms with Crippen LogP contribution in [-0.2, 0) is 19.1 Å². The van der Waals surface area contributed by atoms with Crippen LogP contribution in [0.1, 0.15) is 50.9 Å². The topological polar surface area (TPSA) is 98.8 Å². The largest absolute Gasteiger partial charge is 0.462 e. The number of Topliss-reactive ketones (excluding diaryl/α,β-unsaturated/α-hetero) is 1. The van der Waals surface area contributed by atoms with Crippen molar-refractivity contribution in [3.8, 4) is 0 Å². The minimum atomic E-state index is -0.718. The van der Waals surface area contributed by atoms with Gasteiger partial charge in [-0.1, -0.05) is 0 Å². The number of rotatable bonds is 9. The molecule has 0 bridgehead atoms. The van der Waals surface area contributed by atoms with E-state index in [1.165, 1.54) is 23.5 Å². The zero-order chi connectivity index (χ0) is 22.3. The molecule has 0 spiro atoms. The van der Waals surface area contributed by atoms with E-state index in [9.17, 15) is 23.6 Å². The fourth-order valence-corrected chi connectivity index (χ4v) is 3.61. The molecule has 0 saturated heterocycles. The van der Waals surface area contributed by atoms with Crippen LogP contribution in [0.5, 0.6) is 0 Å². The molecule has 0 aliphatic carbocycles. The number of thiophene rings is 1. The smallest absolute Gasteiger partial charge is 0.341 e. The monoisotopic (exact) mass is 435 g/mol. The van der Waals surface area contributed by atoms with Gasteiger partial charge < -0.3 is 14.8 Å². The van der Waals surface area contributed by atoms with Crippen LogP contribution >= 0.6 is 11.3 Å². The van der Waals surface area contributed by atoms with Gasteiger partial charge in [-0.2, -0.15) is 0 Å². The summed E-state index contributed by atoms with van der Waals surface area (Å²) in [5.74, 6) is -2.66. The zero-order valence-electron chi connectivity index (χ0n) is 16.9. The van der Waals surface area contributed by atoms with Crippen molar-refractivity contribution in [2.75, 3.05) is 18.5 Å². The summed E-state index contributed by atoms with van der Waals surface area (Å²) in [6.07, 6.45) is -0.336. The molecule has 0 saturated carbocycles. The number of hydrogen-bond acceptors (Lipinski definition) is 7. The summed E-state index contributed by atoms with van der Waals surface area (Å²) in [6, 6.07) is 4.99. The standard InChI is InChI=1S/C21H22FNO6S/c1-4-28-21(27)19-12(2)13(3)30-20(19)23-17(25)11-29-18(26)10-9-16(24)14-5-7-15(22)8-6-14/h5-8H,4,9-11H2,1-3H3,(H,23,25). The van der Waals surface area contributed by atoms with Crippen molar-refractivity contribution in [1.82, 2.24) is 0 Å². The summed E-state index contributed by atoms with van der Waals surface area (Å²) >= 11 is 1.23. The summed E-state index contributed by atoms with van der Waals surface area (Å²) in [6.45, 7) is 4.91. The molecular weight excluding hydrogens is 413 g/mol. The number of esters is 2. The van der Waals surface area contributed by atoms with Crippen LogP contribution in [-0.4, -0.2) is 36.8 Å². The Balaban J connectivity index is 1.85. The van der Waals surface area contributed by atoms with Gasteiger partial charge in [0.15, 0.2) is 12.4 Å². The molecule has 7 nitrogen and oxygen atoms in total. The minimum Gasteiger partial charge on any atom is -0.462 e. The van der Waals surface area contributed by atoms with Crippen molar-refractivity contribution < 1.29 is 33.0 Å². The molecule has 30 heavy (non-hydrogen) atoms. The molecule has 0 aliphatic rings. The maximum Gasteiger partial charge on any atom is 0.341 e. The number of hydrogen-bond donors (Lipinski definition) is 1. The number of ether oxygens (including phenoxy) is 2. The Morgan fingerprint density at radius 3 is 2.33 bits per heavy atom. The molecule has 1 amide bonds. The highest BCUT2D eigenvalue weighted by Gasteiger charge is 2.22. The maximum atomic E-state index is 12.9. The molecule has 1 aromatic heterocycles. The van der Waals surface area contributed by atoms with Crippen LogP contribution in [0.3, 0.4) is 0 Å². The van der Waals surface area contributed by atoms with Gasteiger partial charge in [-0.25, -0.2) is 9.18 Å². The minimum absolute atomic E-state index is 0.123. The van der Waals surface area contributed by atoms with Crippen LogP contribution < -0.4 is 5.32 Å². The van der Waals surface area contributed by atoms with Gasteiger partial charge in [0.1, 0.15) is 10.8 Å². The molecule has 0 unspecified atom stereocenters. The number of benzene rings is 1. The van der Waals surface area contributed by atoms with Crippen molar-refractivity contribution >= 4 is 40.0 Å². The Kier molecular flexibility index (Phi) is 8.23. The van der Waals surface area contributed by atoms with Crippen LogP contribution in [0.25, 0.3) is 0 Å². The Morgan fingerprint density at radius 2 is 1.70 bits per heavy atom. The lowest BCUT2D eigenvalue weighted by atomic mass is 10.1. The number of halogens is 1. The highest BCUT2D eigenvalue weighted by Crippen LogP contribution is 2.33. The Labute approximate surface area is 177 Å². The Hall–Kier alpha value is -3.07. The molecule has 0 radical (unpaired) electrons. The summed E-state index contributed by atoms with van der Waals surface area (Å²) in [7, 11) is 0. The second-order valence-electron chi connectivity index (χ2n) is 6.35. The van der Waals surface area contributed by atoms with E-state index < -0.39 is 30.3 Å². The van der Waals surface area contributed by atoms with Gasteiger partial charge in [-0.05, 0) is 50.6 Å². The van der Waals surface area contributed by atoms with E-state index in [2.05, 4.69) is 5.32 Å². The Morgan fingerprint density at radius 1 is 1.03 bits per heavy atom. The van der Waals surface area contributed by atoms with Crippen molar-refractivity contribution in [3.05, 3.63) is 51.7 Å². The van der Waals surface area contributed by atoms with Crippen LogP contribution in [0.2, 0.25) is 0 Å². The van der Waals surface area contributed by atoms with Gasteiger partial charge in [0, 0.05) is 16.9 Å². The molecule has 160 valence electrons. The lowest BCUT2D eigenvalue weighted by Crippen LogP contribution is -2.22. The zero-order valence-corrected chi connectivity index (χ0v) is 17.7. The second-order valence-corrected chi connectivity index (χ2v) is 7.57. The van der Waals surface area contributed by atoms with Crippen molar-refractivity contribution in [2.24, 2.45) is 0 Å². The molecule has 2 aromatic rings. The molecule has 1 heterocycles. The summed E-state index contributed by atoms with van der Waals surface area (Å²) in [5, 5.41) is 2.89. The number of anilines is 1. The van der Waals surface area contributed by atoms with Crippen LogP contribution in [0, 0.1) is 19.7 Å². The summed E-state index contributed by atoms with van der Waals surface area (Å²) < 4.78 is 22.8. The van der Waals surface area contributed by atoms with Crippen molar-refractivity contribution in [2.45, 2.75) is 33.6 Å². The number of aryl methyl sites for hydroxylation is 1. The van der Waals surface area contributed by atoms with Gasteiger partial charge in [-0.3, -0.25) is 14.4 Å². The number of ketones is 1. The lowest BCUT2D eigenvalue weighted by molar-refractivity contribution is -0.147. The third-order valence-corrected chi connectivity index (χ3v) is 5.33. The van der Waals surface area contributed by atoms with E-state index in [1.54, 1.807) is 13.8 Å². The summed E-state index contributed by atoms with van der Waals surface area (Å²) in [5.41, 5.74) is 1.28. The van der Waals surface area contributed by atoms with Crippen molar-refractivity contribution in [1.29, 1.82) is 0 Å². The number of carbonyl (C=O) groups excluding carboxylic acids is 4. The molecule has 1 N–H and O–H groups in total. The summed E-state index contributed by atoms with van der Waals surface area (Å²) in [4.78, 5) is 48.9. The van der Waals surface area contributed by atoms with E-state index >= 15 is 0 Å². The van der Waals surface area contributed by atoms with E-state index in [0.717, 1.165) is 17.0 Å². The molecule has 9 heteroatoms. The van der Waals surface area contributed by atoms with Gasteiger partial charge in [0.2, 0.25) is 0 Å². The third-order valence-electron chi connectivity index (χ3n) is 4.20. The van der Waals surface area contributed by atoms with E-state index in [-0.39, 0.29) is 36.4 Å². The van der Waals surface area contributed by atoms with Gasteiger partial charge in [0.25, 0.3) is 5.91 Å². The van der Waals surface area contributed by atoms with Gasteiger partial charge >= 0.3 is 11.9 Å². The number of amides is 1. The average molecular weight is 435 g/mol. The highest BCUT2D eigenvalue weighted by molar-refractivity contribution is 7.16. The van der Waals surface area contributed by atoms with E-state index in [4.69, 9.17) is 9.47 Å².